The Morgan fingerprint density at radius 1 is 1.53 bits per heavy atom. The van der Waals surface area contributed by atoms with E-state index in [0.29, 0.717) is 18.9 Å². The fraction of sp³-hybridized carbons (Fsp3) is 0.636. The van der Waals surface area contributed by atoms with Gasteiger partial charge in [0.25, 0.3) is 0 Å². The average molecular weight is 237 g/mol. The molecule has 1 atom stereocenters. The Hall–Kier alpha value is -1.24. The third-order valence-electron chi connectivity index (χ3n) is 2.99. The molecule has 0 aliphatic carbocycles. The largest absolute Gasteiger partial charge is 0.389 e. The number of nitrogens with zero attached hydrogens (tertiary/aromatic N) is 3. The van der Waals surface area contributed by atoms with Crippen LogP contribution >= 0.6 is 0 Å². The summed E-state index contributed by atoms with van der Waals surface area (Å²) in [4.78, 5) is 10.6. The van der Waals surface area contributed by atoms with Crippen molar-refractivity contribution in [3.05, 3.63) is 18.1 Å². The molecule has 1 aromatic heterocycles. The normalized spacial score (nSPS) is 25.8. The van der Waals surface area contributed by atoms with Gasteiger partial charge in [0, 0.05) is 13.1 Å². The first kappa shape index (κ1) is 12.2. The second-order valence-electron chi connectivity index (χ2n) is 4.85. The molecular formula is C11H19N5O. The summed E-state index contributed by atoms with van der Waals surface area (Å²) in [6, 6.07) is 0. The number of hydrogen-bond donors (Lipinski definition) is 3. The lowest BCUT2D eigenvalue weighted by molar-refractivity contribution is -0.0185. The lowest BCUT2D eigenvalue weighted by Crippen LogP contribution is -2.45. The zero-order valence-electron chi connectivity index (χ0n) is 10.1. The van der Waals surface area contributed by atoms with E-state index in [1.54, 1.807) is 12.4 Å². The number of hydrogen-bond acceptors (Lipinski definition) is 6. The maximum atomic E-state index is 10.0. The average Bonchev–Trinajstić information content (AvgIpc) is 2.29. The van der Waals surface area contributed by atoms with Crippen LogP contribution < -0.4 is 11.3 Å². The molecule has 94 valence electrons. The summed E-state index contributed by atoms with van der Waals surface area (Å²) >= 11 is 0. The zero-order valence-corrected chi connectivity index (χ0v) is 10.1. The molecule has 4 N–H and O–H groups in total. The number of aromatic nitrogens is 2. The van der Waals surface area contributed by atoms with Crippen molar-refractivity contribution in [1.29, 1.82) is 0 Å². The number of nitrogens with one attached hydrogen (secondary N) is 1. The van der Waals surface area contributed by atoms with Gasteiger partial charge in [-0.15, -0.1) is 0 Å². The Balaban J connectivity index is 1.95. The molecule has 1 aliphatic heterocycles. The molecule has 0 spiro atoms. The molecule has 0 saturated carbocycles. The van der Waals surface area contributed by atoms with Gasteiger partial charge in [-0.05, 0) is 26.3 Å². The number of hydrazine groups is 1. The predicted octanol–water partition coefficient (Wildman–Crippen LogP) is 0.109. The van der Waals surface area contributed by atoms with E-state index in [4.69, 9.17) is 5.84 Å². The van der Waals surface area contributed by atoms with Crippen LogP contribution in [-0.4, -0.2) is 38.7 Å². The van der Waals surface area contributed by atoms with Crippen LogP contribution in [0.2, 0.25) is 0 Å². The van der Waals surface area contributed by atoms with Crippen LogP contribution in [0.5, 0.6) is 0 Å². The maximum Gasteiger partial charge on any atom is 0.158 e. The van der Waals surface area contributed by atoms with E-state index in [2.05, 4.69) is 20.3 Å². The highest BCUT2D eigenvalue weighted by molar-refractivity contribution is 5.28. The molecule has 1 aliphatic rings. The van der Waals surface area contributed by atoms with Gasteiger partial charge in [0.1, 0.15) is 0 Å². The second-order valence-corrected chi connectivity index (χ2v) is 4.85. The van der Waals surface area contributed by atoms with E-state index < -0.39 is 5.60 Å². The Morgan fingerprint density at radius 3 is 2.94 bits per heavy atom. The third-order valence-corrected chi connectivity index (χ3v) is 2.99. The molecule has 0 radical (unpaired) electrons. The SMILES string of the molecule is CC1(O)CCCN(Cc2cnc(NN)cn2)C1. The van der Waals surface area contributed by atoms with Crippen LogP contribution in [0.25, 0.3) is 0 Å². The van der Waals surface area contributed by atoms with Crippen molar-refractivity contribution < 1.29 is 5.11 Å². The summed E-state index contributed by atoms with van der Waals surface area (Å²) in [5.41, 5.74) is 2.76. The molecule has 6 nitrogen and oxygen atoms in total. The maximum absolute atomic E-state index is 10.0. The van der Waals surface area contributed by atoms with Crippen LogP contribution in [0.1, 0.15) is 25.5 Å². The minimum absolute atomic E-state index is 0.555. The summed E-state index contributed by atoms with van der Waals surface area (Å²) in [6.07, 6.45) is 5.20. The van der Waals surface area contributed by atoms with E-state index in [0.717, 1.165) is 25.1 Å². The van der Waals surface area contributed by atoms with Crippen molar-refractivity contribution in [3.8, 4) is 0 Å². The monoisotopic (exact) mass is 237 g/mol. The van der Waals surface area contributed by atoms with E-state index in [9.17, 15) is 5.11 Å². The van der Waals surface area contributed by atoms with Crippen molar-refractivity contribution in [2.45, 2.75) is 31.9 Å². The predicted molar refractivity (Wildman–Crippen MR) is 65.0 cm³/mol. The molecule has 0 bridgehead atoms. The highest BCUT2D eigenvalue weighted by atomic mass is 16.3. The van der Waals surface area contributed by atoms with Crippen molar-refractivity contribution in [1.82, 2.24) is 14.9 Å². The lowest BCUT2D eigenvalue weighted by Gasteiger charge is -2.36. The lowest BCUT2D eigenvalue weighted by atomic mass is 9.95. The first-order valence-corrected chi connectivity index (χ1v) is 5.81. The van der Waals surface area contributed by atoms with Gasteiger partial charge in [0.15, 0.2) is 5.82 Å². The van der Waals surface area contributed by atoms with Gasteiger partial charge < -0.3 is 10.5 Å². The van der Waals surface area contributed by atoms with Gasteiger partial charge in [0.2, 0.25) is 0 Å². The highest BCUT2D eigenvalue weighted by Gasteiger charge is 2.28. The Morgan fingerprint density at radius 2 is 2.35 bits per heavy atom. The van der Waals surface area contributed by atoms with Crippen LogP contribution in [0.4, 0.5) is 5.82 Å². The second kappa shape index (κ2) is 4.95. The third kappa shape index (κ3) is 3.36. The number of rotatable bonds is 3. The number of anilines is 1. The Kier molecular flexibility index (Phi) is 3.56. The van der Waals surface area contributed by atoms with Gasteiger partial charge in [-0.3, -0.25) is 9.88 Å². The number of likely N-dealkylation sites (tertiary alicyclic amines) is 1. The number of nitrogens with two attached hydrogens (primary N) is 1. The standard InChI is InChI=1S/C11H19N5O/c1-11(17)3-2-4-16(8-11)7-9-5-14-10(15-12)6-13-9/h5-6,17H,2-4,7-8,12H2,1H3,(H,14,15). The van der Waals surface area contributed by atoms with Gasteiger partial charge in [0.05, 0.1) is 23.7 Å². The van der Waals surface area contributed by atoms with E-state index in [-0.39, 0.29) is 0 Å². The molecule has 1 unspecified atom stereocenters. The summed E-state index contributed by atoms with van der Waals surface area (Å²) in [5.74, 6) is 5.78. The number of aliphatic hydroxyl groups is 1. The molecule has 0 amide bonds. The van der Waals surface area contributed by atoms with Crippen molar-refractivity contribution >= 4 is 5.82 Å². The van der Waals surface area contributed by atoms with Crippen LogP contribution in [0.3, 0.4) is 0 Å². The van der Waals surface area contributed by atoms with Gasteiger partial charge >= 0.3 is 0 Å². The first-order valence-electron chi connectivity index (χ1n) is 5.81. The van der Waals surface area contributed by atoms with Gasteiger partial charge in [-0.2, -0.15) is 0 Å². The molecule has 0 aromatic carbocycles. The number of piperidine rings is 1. The summed E-state index contributed by atoms with van der Waals surface area (Å²) < 4.78 is 0. The molecule has 1 saturated heterocycles. The molecule has 1 aromatic rings. The minimum atomic E-state index is -0.579. The molecule has 6 heteroatoms. The minimum Gasteiger partial charge on any atom is -0.389 e. The summed E-state index contributed by atoms with van der Waals surface area (Å²) in [7, 11) is 0. The van der Waals surface area contributed by atoms with Crippen LogP contribution in [0.15, 0.2) is 12.4 Å². The van der Waals surface area contributed by atoms with E-state index in [1.807, 2.05) is 6.92 Å². The quantitative estimate of drug-likeness (QED) is 0.511. The summed E-state index contributed by atoms with van der Waals surface area (Å²) in [6.45, 7) is 4.28. The first-order chi connectivity index (χ1) is 8.09. The fourth-order valence-electron chi connectivity index (χ4n) is 2.20. The summed E-state index contributed by atoms with van der Waals surface area (Å²) in [5, 5.41) is 10.0. The molecule has 17 heavy (non-hydrogen) atoms. The number of β-amino-alcohol motifs (C(OH)–C–C–N with tert-alkyl or cyclic N) is 1. The Bertz CT molecular complexity index is 365. The number of nitrogen functional groups attached to an aromatic ring is 1. The fourth-order valence-corrected chi connectivity index (χ4v) is 2.20. The van der Waals surface area contributed by atoms with Gasteiger partial charge in [-0.25, -0.2) is 10.8 Å². The van der Waals surface area contributed by atoms with Crippen molar-refractivity contribution in [2.75, 3.05) is 18.5 Å². The highest BCUT2D eigenvalue weighted by Crippen LogP contribution is 2.21. The van der Waals surface area contributed by atoms with E-state index >= 15 is 0 Å². The molecule has 1 fully saturated rings. The van der Waals surface area contributed by atoms with Crippen molar-refractivity contribution in [2.24, 2.45) is 5.84 Å². The van der Waals surface area contributed by atoms with Gasteiger partial charge in [-0.1, -0.05) is 0 Å². The van der Waals surface area contributed by atoms with Crippen LogP contribution in [-0.2, 0) is 6.54 Å². The van der Waals surface area contributed by atoms with E-state index in [1.165, 1.54) is 0 Å². The topological polar surface area (TPSA) is 87.3 Å². The van der Waals surface area contributed by atoms with Crippen molar-refractivity contribution in [3.63, 3.8) is 0 Å². The molecule has 2 heterocycles. The smallest absolute Gasteiger partial charge is 0.158 e. The molecule has 2 rings (SSSR count). The Labute approximate surface area is 101 Å². The van der Waals surface area contributed by atoms with Crippen LogP contribution in [0, 0.1) is 0 Å². The zero-order chi connectivity index (χ0) is 12.3. The molecular weight excluding hydrogens is 218 g/mol.